The zero-order chi connectivity index (χ0) is 11.5. The zero-order valence-electron chi connectivity index (χ0n) is 8.56. The van der Waals surface area contributed by atoms with Crippen molar-refractivity contribution in [2.45, 2.75) is 12.5 Å². The quantitative estimate of drug-likeness (QED) is 0.495. The Morgan fingerprint density at radius 2 is 2.33 bits per heavy atom. The summed E-state index contributed by atoms with van der Waals surface area (Å²) in [5, 5.41) is 3.04. The normalized spacial score (nSPS) is 22.1. The van der Waals surface area contributed by atoms with E-state index in [1.165, 1.54) is 7.05 Å². The molecule has 1 atom stereocenters. The summed E-state index contributed by atoms with van der Waals surface area (Å²) in [6, 6.07) is -0.199. The fraction of sp³-hybridized carbons (Fsp3) is 0.857. The topological polar surface area (TPSA) is 105 Å². The molecule has 1 rings (SSSR count). The second-order valence-corrected chi connectivity index (χ2v) is 5.19. The van der Waals surface area contributed by atoms with Crippen LogP contribution in [-0.2, 0) is 15.0 Å². The van der Waals surface area contributed by atoms with Crippen LogP contribution in [0.5, 0.6) is 0 Å². The molecule has 4 N–H and O–H groups in total. The molecule has 1 saturated heterocycles. The smallest absolute Gasteiger partial charge is 0.279 e. The van der Waals surface area contributed by atoms with Gasteiger partial charge in [-0.25, -0.2) is 4.72 Å². The molecule has 7 nitrogen and oxygen atoms in total. The summed E-state index contributed by atoms with van der Waals surface area (Å²) in [5.74, 6) is -0.652. The van der Waals surface area contributed by atoms with E-state index in [2.05, 4.69) is 10.0 Å². The van der Waals surface area contributed by atoms with Gasteiger partial charge in [0, 0.05) is 19.6 Å². The van der Waals surface area contributed by atoms with E-state index >= 15 is 0 Å². The molecule has 1 unspecified atom stereocenters. The molecule has 0 aromatic carbocycles. The molecule has 0 radical (unpaired) electrons. The Morgan fingerprint density at radius 1 is 1.67 bits per heavy atom. The second-order valence-electron chi connectivity index (χ2n) is 3.37. The van der Waals surface area contributed by atoms with Crippen molar-refractivity contribution in [3.05, 3.63) is 0 Å². The number of carbonyl (C=O) groups is 1. The van der Waals surface area contributed by atoms with Gasteiger partial charge >= 0.3 is 0 Å². The molecule has 1 aliphatic heterocycles. The molecule has 1 heterocycles. The lowest BCUT2D eigenvalue weighted by Crippen LogP contribution is -2.49. The molecule has 1 amide bonds. The summed E-state index contributed by atoms with van der Waals surface area (Å²) in [7, 11) is -2.29. The number of rotatable bonds is 5. The van der Waals surface area contributed by atoms with Crippen molar-refractivity contribution >= 4 is 16.1 Å². The fourth-order valence-electron chi connectivity index (χ4n) is 1.57. The Hall–Kier alpha value is -0.700. The number of carbonyl (C=O) groups excluding carboxylic acids is 1. The van der Waals surface area contributed by atoms with E-state index < -0.39 is 16.1 Å². The van der Waals surface area contributed by atoms with Crippen molar-refractivity contribution < 1.29 is 13.2 Å². The lowest BCUT2D eigenvalue weighted by Gasteiger charge is -2.25. The molecule has 0 aliphatic carbocycles. The molecule has 0 saturated carbocycles. The summed E-state index contributed by atoms with van der Waals surface area (Å²) in [5.41, 5.74) is 5.02. The third-order valence-electron chi connectivity index (χ3n) is 2.32. The first kappa shape index (κ1) is 12.4. The first-order valence-corrected chi connectivity index (χ1v) is 6.10. The van der Waals surface area contributed by atoms with Crippen LogP contribution in [0.2, 0.25) is 0 Å². The maximum Gasteiger partial charge on any atom is 0.279 e. The Morgan fingerprint density at radius 3 is 2.73 bits per heavy atom. The first-order valence-electron chi connectivity index (χ1n) is 4.66. The highest BCUT2D eigenvalue weighted by atomic mass is 32.2. The van der Waals surface area contributed by atoms with Crippen molar-refractivity contribution in [3.63, 3.8) is 0 Å². The van der Waals surface area contributed by atoms with Crippen molar-refractivity contribution in [1.82, 2.24) is 14.3 Å². The van der Waals surface area contributed by atoms with Crippen LogP contribution in [0.4, 0.5) is 0 Å². The van der Waals surface area contributed by atoms with Gasteiger partial charge in [0.2, 0.25) is 5.91 Å². The highest BCUT2D eigenvalue weighted by molar-refractivity contribution is 7.87. The molecule has 0 spiro atoms. The predicted octanol–water partition coefficient (Wildman–Crippen LogP) is -2.40. The van der Waals surface area contributed by atoms with Gasteiger partial charge < -0.3 is 11.1 Å². The van der Waals surface area contributed by atoms with Gasteiger partial charge in [-0.05, 0) is 13.0 Å². The Bertz CT molecular complexity index is 323. The van der Waals surface area contributed by atoms with E-state index in [9.17, 15) is 13.2 Å². The first-order chi connectivity index (χ1) is 6.97. The minimum Gasteiger partial charge on any atom is -0.369 e. The van der Waals surface area contributed by atoms with Gasteiger partial charge in [-0.15, -0.1) is 0 Å². The van der Waals surface area contributed by atoms with Crippen molar-refractivity contribution in [2.24, 2.45) is 5.73 Å². The Balaban J connectivity index is 2.81. The van der Waals surface area contributed by atoms with E-state index in [4.69, 9.17) is 5.73 Å². The highest BCUT2D eigenvalue weighted by Gasteiger charge is 2.31. The molecule has 15 heavy (non-hydrogen) atoms. The van der Waals surface area contributed by atoms with Gasteiger partial charge in [0.05, 0.1) is 6.54 Å². The summed E-state index contributed by atoms with van der Waals surface area (Å²) in [6.07, 6.45) is 0.689. The summed E-state index contributed by atoms with van der Waals surface area (Å²) >= 11 is 0. The zero-order valence-corrected chi connectivity index (χ0v) is 9.38. The Kier molecular flexibility index (Phi) is 4.03. The third kappa shape index (κ3) is 3.13. The van der Waals surface area contributed by atoms with E-state index in [0.29, 0.717) is 13.0 Å². The number of amides is 1. The molecule has 0 aromatic rings. The third-order valence-corrected chi connectivity index (χ3v) is 3.88. The van der Waals surface area contributed by atoms with E-state index in [1.807, 2.05) is 0 Å². The number of nitrogens with two attached hydrogens (primary N) is 1. The Labute approximate surface area is 89.2 Å². The maximum absolute atomic E-state index is 11.6. The minimum absolute atomic E-state index is 0.199. The summed E-state index contributed by atoms with van der Waals surface area (Å²) < 4.78 is 26.5. The van der Waals surface area contributed by atoms with Crippen LogP contribution in [0, 0.1) is 0 Å². The fourth-order valence-corrected chi connectivity index (χ4v) is 2.67. The minimum atomic E-state index is -3.60. The van der Waals surface area contributed by atoms with Crippen LogP contribution < -0.4 is 15.8 Å². The van der Waals surface area contributed by atoms with E-state index in [-0.39, 0.29) is 12.6 Å². The van der Waals surface area contributed by atoms with E-state index in [0.717, 1.165) is 10.8 Å². The molecule has 8 heteroatoms. The highest BCUT2D eigenvalue weighted by Crippen LogP contribution is 2.11. The van der Waals surface area contributed by atoms with Gasteiger partial charge in [0.25, 0.3) is 10.2 Å². The maximum atomic E-state index is 11.6. The number of nitrogens with one attached hydrogen (secondary N) is 2. The number of nitrogens with zero attached hydrogens (tertiary/aromatic N) is 1. The molecular formula is C7H16N4O3S. The largest absolute Gasteiger partial charge is 0.369 e. The summed E-state index contributed by atoms with van der Waals surface area (Å²) in [4.78, 5) is 10.8. The molecule has 0 aromatic heterocycles. The van der Waals surface area contributed by atoms with Gasteiger partial charge in [-0.3, -0.25) is 4.79 Å². The molecular weight excluding hydrogens is 220 g/mol. The monoisotopic (exact) mass is 236 g/mol. The van der Waals surface area contributed by atoms with Gasteiger partial charge in [0.15, 0.2) is 0 Å². The molecule has 0 bridgehead atoms. The van der Waals surface area contributed by atoms with Crippen LogP contribution in [0.1, 0.15) is 6.42 Å². The molecule has 1 aliphatic rings. The average Bonchev–Trinajstić information content (AvgIpc) is 2.66. The van der Waals surface area contributed by atoms with Crippen molar-refractivity contribution in [2.75, 3.05) is 26.7 Å². The number of primary amides is 1. The van der Waals surface area contributed by atoms with Crippen LogP contribution >= 0.6 is 0 Å². The van der Waals surface area contributed by atoms with Crippen LogP contribution in [-0.4, -0.2) is 51.4 Å². The molecule has 88 valence electrons. The van der Waals surface area contributed by atoms with Crippen LogP contribution in [0.15, 0.2) is 0 Å². The predicted molar refractivity (Wildman–Crippen MR) is 55.2 cm³/mol. The van der Waals surface area contributed by atoms with Crippen molar-refractivity contribution in [1.29, 1.82) is 0 Å². The van der Waals surface area contributed by atoms with Crippen molar-refractivity contribution in [3.8, 4) is 0 Å². The number of hydrogen-bond donors (Lipinski definition) is 3. The number of hydrogen-bond acceptors (Lipinski definition) is 4. The lowest BCUT2D eigenvalue weighted by atomic mass is 10.2. The SMILES string of the molecule is CNS(=O)(=O)N(CC(N)=O)C1CCNC1. The van der Waals surface area contributed by atoms with E-state index in [1.54, 1.807) is 0 Å². The lowest BCUT2D eigenvalue weighted by molar-refractivity contribution is -0.118. The molecule has 1 fully saturated rings. The van der Waals surface area contributed by atoms with Gasteiger partial charge in [-0.1, -0.05) is 0 Å². The van der Waals surface area contributed by atoms with Crippen LogP contribution in [0.25, 0.3) is 0 Å². The van der Waals surface area contributed by atoms with Gasteiger partial charge in [-0.2, -0.15) is 12.7 Å². The summed E-state index contributed by atoms with van der Waals surface area (Å²) in [6.45, 7) is 1.02. The van der Waals surface area contributed by atoms with Crippen LogP contribution in [0.3, 0.4) is 0 Å². The van der Waals surface area contributed by atoms with Gasteiger partial charge in [0.1, 0.15) is 0 Å². The average molecular weight is 236 g/mol. The standard InChI is InChI=1S/C7H16N4O3S/c1-9-15(13,14)11(5-7(8)12)6-2-3-10-4-6/h6,9-10H,2-5H2,1H3,(H2,8,12). The second kappa shape index (κ2) is 4.88.